The minimum absolute atomic E-state index is 0.0809. The number of benzene rings is 1. The standard InChI is InChI=1S/C16H19BrClNOS/c1-5-19-15(14-6-9(2)10(3)21-14)12-7-11(18)8-13(17)16(12)20-4/h6-8,15,19H,5H2,1-4H3. The Balaban J connectivity index is 2.57. The topological polar surface area (TPSA) is 21.3 Å². The van der Waals surface area contributed by atoms with Crippen LogP contribution in [-0.4, -0.2) is 13.7 Å². The molecule has 2 rings (SSSR count). The lowest BCUT2D eigenvalue weighted by atomic mass is 10.0. The van der Waals surface area contributed by atoms with Gasteiger partial charge in [0, 0.05) is 20.3 Å². The highest BCUT2D eigenvalue weighted by Gasteiger charge is 2.22. The number of hydrogen-bond donors (Lipinski definition) is 1. The number of ether oxygens (including phenoxy) is 1. The van der Waals surface area contributed by atoms with Gasteiger partial charge in [-0.25, -0.2) is 0 Å². The summed E-state index contributed by atoms with van der Waals surface area (Å²) in [6.07, 6.45) is 0. The lowest BCUT2D eigenvalue weighted by Crippen LogP contribution is -2.21. The molecular formula is C16H19BrClNOS. The van der Waals surface area contributed by atoms with Gasteiger partial charge in [0.1, 0.15) is 5.75 Å². The van der Waals surface area contributed by atoms with E-state index in [1.165, 1.54) is 15.3 Å². The molecule has 0 fully saturated rings. The van der Waals surface area contributed by atoms with Crippen molar-refractivity contribution < 1.29 is 4.74 Å². The monoisotopic (exact) mass is 387 g/mol. The summed E-state index contributed by atoms with van der Waals surface area (Å²) in [6.45, 7) is 7.27. The van der Waals surface area contributed by atoms with Gasteiger partial charge in [-0.1, -0.05) is 18.5 Å². The van der Waals surface area contributed by atoms with Crippen LogP contribution in [0.15, 0.2) is 22.7 Å². The van der Waals surface area contributed by atoms with Crippen LogP contribution in [0.4, 0.5) is 0 Å². The molecule has 0 aliphatic carbocycles. The molecule has 2 nitrogen and oxygen atoms in total. The average molecular weight is 389 g/mol. The van der Waals surface area contributed by atoms with E-state index in [1.807, 2.05) is 23.5 Å². The van der Waals surface area contributed by atoms with Gasteiger partial charge >= 0.3 is 0 Å². The van der Waals surface area contributed by atoms with Gasteiger partial charge < -0.3 is 10.1 Å². The minimum Gasteiger partial charge on any atom is -0.495 e. The third-order valence-corrected chi connectivity index (χ3v) is 5.45. The molecule has 0 saturated carbocycles. The molecule has 1 heterocycles. The predicted molar refractivity (Wildman–Crippen MR) is 95.0 cm³/mol. The Bertz CT molecular complexity index is 622. The van der Waals surface area contributed by atoms with Crippen molar-refractivity contribution in [2.45, 2.75) is 26.8 Å². The maximum absolute atomic E-state index is 6.24. The Morgan fingerprint density at radius 3 is 2.57 bits per heavy atom. The summed E-state index contributed by atoms with van der Waals surface area (Å²) >= 11 is 11.6. The van der Waals surface area contributed by atoms with Gasteiger partial charge in [-0.2, -0.15) is 0 Å². The molecule has 0 amide bonds. The van der Waals surface area contributed by atoms with Gasteiger partial charge in [0.2, 0.25) is 0 Å². The van der Waals surface area contributed by atoms with E-state index in [-0.39, 0.29) is 6.04 Å². The van der Waals surface area contributed by atoms with Gasteiger partial charge in [0.05, 0.1) is 17.6 Å². The summed E-state index contributed by atoms with van der Waals surface area (Å²) in [5, 5.41) is 4.24. The van der Waals surface area contributed by atoms with E-state index < -0.39 is 0 Å². The third-order valence-electron chi connectivity index (χ3n) is 3.43. The van der Waals surface area contributed by atoms with Gasteiger partial charge in [0.15, 0.2) is 0 Å². The van der Waals surface area contributed by atoms with Crippen molar-refractivity contribution in [3.63, 3.8) is 0 Å². The summed E-state index contributed by atoms with van der Waals surface area (Å²) < 4.78 is 6.45. The quantitative estimate of drug-likeness (QED) is 0.731. The maximum Gasteiger partial charge on any atom is 0.138 e. The molecule has 1 aromatic heterocycles. The number of aryl methyl sites for hydroxylation is 2. The summed E-state index contributed by atoms with van der Waals surface area (Å²) in [5.41, 5.74) is 2.37. The normalized spacial score (nSPS) is 12.5. The van der Waals surface area contributed by atoms with E-state index in [0.29, 0.717) is 5.02 Å². The molecule has 21 heavy (non-hydrogen) atoms. The van der Waals surface area contributed by atoms with E-state index in [1.54, 1.807) is 7.11 Å². The van der Waals surface area contributed by atoms with Crippen molar-refractivity contribution in [2.75, 3.05) is 13.7 Å². The second-order valence-corrected chi connectivity index (χ2v) is 7.47. The number of thiophene rings is 1. The number of nitrogens with one attached hydrogen (secondary N) is 1. The highest BCUT2D eigenvalue weighted by molar-refractivity contribution is 9.10. The van der Waals surface area contributed by atoms with Crippen LogP contribution in [0.2, 0.25) is 5.02 Å². The smallest absolute Gasteiger partial charge is 0.138 e. The zero-order valence-corrected chi connectivity index (χ0v) is 15.7. The van der Waals surface area contributed by atoms with Crippen LogP contribution in [0.1, 0.15) is 33.8 Å². The second kappa shape index (κ2) is 7.14. The number of halogens is 2. The molecule has 0 radical (unpaired) electrons. The predicted octanol–water partition coefficient (Wildman–Crippen LogP) is 5.49. The van der Waals surface area contributed by atoms with Crippen LogP contribution in [0.5, 0.6) is 5.75 Å². The van der Waals surface area contributed by atoms with E-state index in [4.69, 9.17) is 16.3 Å². The summed E-state index contributed by atoms with van der Waals surface area (Å²) in [6, 6.07) is 6.15. The fraction of sp³-hybridized carbons (Fsp3) is 0.375. The Morgan fingerprint density at radius 1 is 1.33 bits per heavy atom. The van der Waals surface area contributed by atoms with Crippen molar-refractivity contribution in [2.24, 2.45) is 0 Å². The molecule has 0 aliphatic heterocycles. The largest absolute Gasteiger partial charge is 0.495 e. The van der Waals surface area contributed by atoms with Crippen molar-refractivity contribution in [1.82, 2.24) is 5.32 Å². The molecule has 1 N–H and O–H groups in total. The molecule has 0 spiro atoms. The Kier molecular flexibility index (Phi) is 5.72. The van der Waals surface area contributed by atoms with Crippen LogP contribution in [0.3, 0.4) is 0 Å². The van der Waals surface area contributed by atoms with Crippen LogP contribution in [-0.2, 0) is 0 Å². The number of methoxy groups -OCH3 is 1. The van der Waals surface area contributed by atoms with Crippen LogP contribution in [0, 0.1) is 13.8 Å². The van der Waals surface area contributed by atoms with Gasteiger partial charge in [-0.05, 0) is 60.1 Å². The van der Waals surface area contributed by atoms with Crippen molar-refractivity contribution >= 4 is 38.9 Å². The third kappa shape index (κ3) is 3.62. The van der Waals surface area contributed by atoms with Gasteiger partial charge in [-0.15, -0.1) is 11.3 Å². The fourth-order valence-corrected chi connectivity index (χ4v) is 4.46. The first kappa shape index (κ1) is 16.8. The van der Waals surface area contributed by atoms with E-state index in [0.717, 1.165) is 22.3 Å². The molecule has 2 aromatic rings. The first-order valence-electron chi connectivity index (χ1n) is 6.81. The second-order valence-electron chi connectivity index (χ2n) is 4.89. The zero-order chi connectivity index (χ0) is 15.6. The molecule has 1 unspecified atom stereocenters. The molecular weight excluding hydrogens is 370 g/mol. The molecule has 0 aliphatic rings. The zero-order valence-electron chi connectivity index (χ0n) is 12.6. The lowest BCUT2D eigenvalue weighted by molar-refractivity contribution is 0.402. The number of rotatable bonds is 5. The SMILES string of the molecule is CCNC(c1cc(C)c(C)s1)c1cc(Cl)cc(Br)c1OC. The van der Waals surface area contributed by atoms with Gasteiger partial charge in [0.25, 0.3) is 0 Å². The molecule has 5 heteroatoms. The summed E-state index contributed by atoms with van der Waals surface area (Å²) in [4.78, 5) is 2.62. The van der Waals surface area contributed by atoms with Crippen molar-refractivity contribution in [1.29, 1.82) is 0 Å². The number of hydrogen-bond acceptors (Lipinski definition) is 3. The fourth-order valence-electron chi connectivity index (χ4n) is 2.32. The van der Waals surface area contributed by atoms with Crippen molar-refractivity contribution in [3.8, 4) is 5.75 Å². The lowest BCUT2D eigenvalue weighted by Gasteiger charge is -2.21. The molecule has 0 saturated heterocycles. The van der Waals surface area contributed by atoms with Crippen LogP contribution < -0.4 is 10.1 Å². The van der Waals surface area contributed by atoms with E-state index in [9.17, 15) is 0 Å². The molecule has 1 atom stereocenters. The summed E-state index contributed by atoms with van der Waals surface area (Å²) in [7, 11) is 1.69. The first-order chi connectivity index (χ1) is 9.97. The first-order valence-corrected chi connectivity index (χ1v) is 8.79. The van der Waals surface area contributed by atoms with Crippen LogP contribution in [0.25, 0.3) is 0 Å². The summed E-state index contributed by atoms with van der Waals surface area (Å²) in [5.74, 6) is 0.828. The minimum atomic E-state index is 0.0809. The van der Waals surface area contributed by atoms with Gasteiger partial charge in [-0.3, -0.25) is 0 Å². The highest BCUT2D eigenvalue weighted by Crippen LogP contribution is 2.40. The highest BCUT2D eigenvalue weighted by atomic mass is 79.9. The van der Waals surface area contributed by atoms with Crippen molar-refractivity contribution in [3.05, 3.63) is 48.6 Å². The Labute approximate surface area is 143 Å². The Morgan fingerprint density at radius 2 is 2.05 bits per heavy atom. The molecule has 0 bridgehead atoms. The average Bonchev–Trinajstić information content (AvgIpc) is 2.75. The Hall–Kier alpha value is -0.550. The van der Waals surface area contributed by atoms with Crippen LogP contribution >= 0.6 is 38.9 Å². The maximum atomic E-state index is 6.24. The molecule has 114 valence electrons. The van der Waals surface area contributed by atoms with E-state index >= 15 is 0 Å². The molecule has 1 aromatic carbocycles. The van der Waals surface area contributed by atoms with E-state index in [2.05, 4.69) is 48.1 Å².